The van der Waals surface area contributed by atoms with Gasteiger partial charge < -0.3 is 14.7 Å². The predicted octanol–water partition coefficient (Wildman–Crippen LogP) is 2.35. The molecule has 0 spiro atoms. The molecule has 2 atom stereocenters. The molecule has 1 N–H and O–H groups in total. The minimum absolute atomic E-state index is 0.271. The lowest BCUT2D eigenvalue weighted by Gasteiger charge is -2.37. The van der Waals surface area contributed by atoms with E-state index in [4.69, 9.17) is 4.74 Å². The fourth-order valence-electron chi connectivity index (χ4n) is 2.70. The van der Waals surface area contributed by atoms with Crippen molar-refractivity contribution in [3.63, 3.8) is 0 Å². The summed E-state index contributed by atoms with van der Waals surface area (Å²) in [7, 11) is 0. The average molecular weight is 269 g/mol. The fourth-order valence-corrected chi connectivity index (χ4v) is 2.70. The smallest absolute Gasteiger partial charge is 0.410 e. The number of ether oxygens (including phenoxy) is 1. The molecule has 1 amide bonds. The van der Waals surface area contributed by atoms with Gasteiger partial charge >= 0.3 is 12.1 Å². The topological polar surface area (TPSA) is 66.8 Å². The Morgan fingerprint density at radius 2 is 1.79 bits per heavy atom. The number of carboxylic acids is 1. The number of carbonyl (C=O) groups excluding carboxylic acids is 1. The minimum Gasteiger partial charge on any atom is -0.481 e. The molecule has 5 heteroatoms. The third-order valence-corrected chi connectivity index (χ3v) is 3.77. The molecule has 0 bridgehead atoms. The normalized spacial score (nSPS) is 28.1. The molecule has 1 aliphatic heterocycles. The lowest BCUT2D eigenvalue weighted by Crippen LogP contribution is -2.48. The first kappa shape index (κ1) is 14.2. The second-order valence-corrected chi connectivity index (χ2v) is 6.75. The van der Waals surface area contributed by atoms with Crippen LogP contribution in [0.1, 0.15) is 40.0 Å². The van der Waals surface area contributed by atoms with Crippen LogP contribution < -0.4 is 0 Å². The molecule has 1 heterocycles. The summed E-state index contributed by atoms with van der Waals surface area (Å²) in [6.45, 7) is 6.38. The monoisotopic (exact) mass is 269 g/mol. The summed E-state index contributed by atoms with van der Waals surface area (Å²) in [5.41, 5.74) is -0.539. The number of hydrogen-bond donors (Lipinski definition) is 1. The van der Waals surface area contributed by atoms with Crippen LogP contribution in [-0.2, 0) is 9.53 Å². The second-order valence-electron chi connectivity index (χ2n) is 6.75. The van der Waals surface area contributed by atoms with Crippen molar-refractivity contribution in [2.24, 2.45) is 17.8 Å². The van der Waals surface area contributed by atoms with Gasteiger partial charge in [-0.05, 0) is 51.9 Å². The van der Waals surface area contributed by atoms with Gasteiger partial charge in [0.2, 0.25) is 0 Å². The van der Waals surface area contributed by atoms with Crippen molar-refractivity contribution < 1.29 is 19.4 Å². The summed E-state index contributed by atoms with van der Waals surface area (Å²) in [6.07, 6.45) is 2.64. The van der Waals surface area contributed by atoms with Crippen LogP contribution in [0.2, 0.25) is 0 Å². The summed E-state index contributed by atoms with van der Waals surface area (Å²) in [6, 6.07) is 0. The summed E-state index contributed by atoms with van der Waals surface area (Å²) in [5.74, 6) is -0.333. The maximum atomic E-state index is 12.1. The number of carbonyl (C=O) groups is 2. The molecule has 0 radical (unpaired) electrons. The largest absolute Gasteiger partial charge is 0.481 e. The number of amides is 1. The number of carboxylic acid groups (broad SMARTS) is 1. The molecule has 2 unspecified atom stereocenters. The van der Waals surface area contributed by atoms with Crippen LogP contribution in [0.5, 0.6) is 0 Å². The fraction of sp³-hybridized carbons (Fsp3) is 0.857. The van der Waals surface area contributed by atoms with Gasteiger partial charge in [-0.25, -0.2) is 4.79 Å². The molecule has 0 aromatic carbocycles. The maximum absolute atomic E-state index is 12.1. The molecule has 2 aliphatic rings. The van der Waals surface area contributed by atoms with E-state index in [1.165, 1.54) is 12.8 Å². The molecular formula is C14H23NO4. The Morgan fingerprint density at radius 1 is 1.16 bits per heavy atom. The van der Waals surface area contributed by atoms with Gasteiger partial charge in [-0.15, -0.1) is 0 Å². The van der Waals surface area contributed by atoms with Gasteiger partial charge in [-0.3, -0.25) is 4.79 Å². The molecule has 5 nitrogen and oxygen atoms in total. The van der Waals surface area contributed by atoms with Crippen LogP contribution in [0.4, 0.5) is 4.79 Å². The predicted molar refractivity (Wildman–Crippen MR) is 69.8 cm³/mol. The zero-order valence-corrected chi connectivity index (χ0v) is 11.9. The Balaban J connectivity index is 2.02. The highest BCUT2D eigenvalue weighted by Gasteiger charge is 2.41. The summed E-state index contributed by atoms with van der Waals surface area (Å²) < 4.78 is 5.35. The van der Waals surface area contributed by atoms with Crippen LogP contribution >= 0.6 is 0 Å². The van der Waals surface area contributed by atoms with Crippen molar-refractivity contribution >= 4 is 12.1 Å². The minimum atomic E-state index is -0.807. The van der Waals surface area contributed by atoms with Crippen molar-refractivity contribution in [3.05, 3.63) is 0 Å². The first-order chi connectivity index (χ1) is 8.76. The van der Waals surface area contributed by atoms with Crippen LogP contribution in [0.3, 0.4) is 0 Å². The number of piperidine rings is 1. The zero-order chi connectivity index (χ0) is 14.2. The highest BCUT2D eigenvalue weighted by atomic mass is 16.6. The van der Waals surface area contributed by atoms with Crippen LogP contribution in [-0.4, -0.2) is 40.8 Å². The summed E-state index contributed by atoms with van der Waals surface area (Å²) in [5, 5.41) is 9.21. The molecule has 2 fully saturated rings. The van der Waals surface area contributed by atoms with E-state index < -0.39 is 17.5 Å². The van der Waals surface area contributed by atoms with Crippen LogP contribution in [0.15, 0.2) is 0 Å². The van der Waals surface area contributed by atoms with Crippen molar-refractivity contribution in [3.8, 4) is 0 Å². The van der Waals surface area contributed by atoms with E-state index in [2.05, 4.69) is 0 Å². The van der Waals surface area contributed by atoms with Gasteiger partial charge in [0, 0.05) is 13.1 Å². The SMILES string of the molecule is CC(C)(C)OC(=O)N1CC(C(=O)O)CC(C2CC2)C1. The summed E-state index contributed by atoms with van der Waals surface area (Å²) in [4.78, 5) is 24.9. The Kier molecular flexibility index (Phi) is 3.74. The molecule has 0 aromatic heterocycles. The highest BCUT2D eigenvalue weighted by Crippen LogP contribution is 2.42. The number of nitrogens with zero attached hydrogens (tertiary/aromatic N) is 1. The molecule has 1 saturated heterocycles. The Morgan fingerprint density at radius 3 is 2.26 bits per heavy atom. The third kappa shape index (κ3) is 3.85. The van der Waals surface area contributed by atoms with Gasteiger partial charge in [0.25, 0.3) is 0 Å². The van der Waals surface area contributed by atoms with E-state index in [0.29, 0.717) is 24.8 Å². The number of aliphatic carboxylic acids is 1. The number of hydrogen-bond acceptors (Lipinski definition) is 3. The maximum Gasteiger partial charge on any atom is 0.410 e. The molecule has 1 saturated carbocycles. The third-order valence-electron chi connectivity index (χ3n) is 3.77. The quantitative estimate of drug-likeness (QED) is 0.835. The highest BCUT2D eigenvalue weighted by molar-refractivity contribution is 5.73. The second kappa shape index (κ2) is 5.02. The van der Waals surface area contributed by atoms with Gasteiger partial charge in [0.15, 0.2) is 0 Å². The van der Waals surface area contributed by atoms with Crippen molar-refractivity contribution in [1.82, 2.24) is 4.90 Å². The van der Waals surface area contributed by atoms with Crippen molar-refractivity contribution in [1.29, 1.82) is 0 Å². The van der Waals surface area contributed by atoms with Gasteiger partial charge in [0.05, 0.1) is 5.92 Å². The van der Waals surface area contributed by atoms with E-state index in [1.54, 1.807) is 4.90 Å². The summed E-state index contributed by atoms with van der Waals surface area (Å²) >= 11 is 0. The lowest BCUT2D eigenvalue weighted by atomic mass is 9.86. The van der Waals surface area contributed by atoms with Gasteiger partial charge in [-0.2, -0.15) is 0 Å². The van der Waals surface area contributed by atoms with Crippen molar-refractivity contribution in [2.45, 2.75) is 45.6 Å². The Hall–Kier alpha value is -1.26. The number of likely N-dealkylation sites (tertiary alicyclic amines) is 1. The molecule has 0 aromatic rings. The zero-order valence-electron chi connectivity index (χ0n) is 11.9. The van der Waals surface area contributed by atoms with Gasteiger partial charge in [0.1, 0.15) is 5.60 Å². The Labute approximate surface area is 113 Å². The Bertz CT molecular complexity index is 370. The molecule has 19 heavy (non-hydrogen) atoms. The lowest BCUT2D eigenvalue weighted by molar-refractivity contribution is -0.144. The van der Waals surface area contributed by atoms with E-state index >= 15 is 0 Å². The molecule has 1 aliphatic carbocycles. The molecular weight excluding hydrogens is 246 g/mol. The standard InChI is InChI=1S/C14H23NO4/c1-14(2,3)19-13(18)15-7-10(9-4-5-9)6-11(8-15)12(16)17/h9-11H,4-8H2,1-3H3,(H,16,17). The average Bonchev–Trinajstić information content (AvgIpc) is 3.09. The van der Waals surface area contributed by atoms with Crippen molar-refractivity contribution in [2.75, 3.05) is 13.1 Å². The first-order valence-electron chi connectivity index (χ1n) is 6.97. The first-order valence-corrected chi connectivity index (χ1v) is 6.97. The molecule has 108 valence electrons. The molecule has 2 rings (SSSR count). The number of rotatable bonds is 2. The van der Waals surface area contributed by atoms with E-state index in [0.717, 1.165) is 0 Å². The van der Waals surface area contributed by atoms with Gasteiger partial charge in [-0.1, -0.05) is 0 Å². The van der Waals surface area contributed by atoms with Crippen LogP contribution in [0, 0.1) is 17.8 Å². The van der Waals surface area contributed by atoms with E-state index in [-0.39, 0.29) is 12.6 Å². The van der Waals surface area contributed by atoms with Crippen LogP contribution in [0.25, 0.3) is 0 Å². The van der Waals surface area contributed by atoms with E-state index in [9.17, 15) is 14.7 Å². The van der Waals surface area contributed by atoms with E-state index in [1.807, 2.05) is 20.8 Å².